The van der Waals surface area contributed by atoms with E-state index < -0.39 is 0 Å². The molecule has 3 atom stereocenters. The summed E-state index contributed by atoms with van der Waals surface area (Å²) in [6.45, 7) is 0.946. The Labute approximate surface area is 174 Å². The zero-order chi connectivity index (χ0) is 20.0. The number of carbonyl (C=O) groups is 1. The number of anilines is 1. The maximum atomic E-state index is 12.3. The van der Waals surface area contributed by atoms with Gasteiger partial charge in [0.05, 0.1) is 0 Å². The van der Waals surface area contributed by atoms with Crippen LogP contribution in [-0.2, 0) is 11.2 Å². The van der Waals surface area contributed by atoms with Crippen LogP contribution in [0.1, 0.15) is 23.5 Å². The molecule has 2 aliphatic rings. The zero-order valence-corrected chi connectivity index (χ0v) is 16.9. The lowest BCUT2D eigenvalue weighted by Crippen LogP contribution is -2.47. The summed E-state index contributed by atoms with van der Waals surface area (Å²) >= 11 is 5.73. The minimum atomic E-state index is -0.204. The largest absolute Gasteiger partial charge is 0.361 e. The van der Waals surface area contributed by atoms with Crippen LogP contribution in [0.2, 0.25) is 5.15 Å². The molecule has 5 rings (SSSR count). The van der Waals surface area contributed by atoms with Gasteiger partial charge in [0.2, 0.25) is 5.91 Å². The van der Waals surface area contributed by atoms with Crippen molar-refractivity contribution in [2.24, 2.45) is 5.92 Å². The number of fused-ring (bicyclic) bond motifs is 2. The van der Waals surface area contributed by atoms with E-state index in [2.05, 4.69) is 56.8 Å². The number of rotatable bonds is 3. The highest BCUT2D eigenvalue weighted by Gasteiger charge is 2.38. The molecule has 0 saturated carbocycles. The number of aromatic nitrogens is 3. The third kappa shape index (κ3) is 3.43. The SMILES string of the molecule is CN1CC(/C=C\C(=O)Nc2ccc(Cl)nn2)CC2c3cccc4[nH]cc(c34)CC21. The first-order chi connectivity index (χ1) is 14.1. The topological polar surface area (TPSA) is 73.9 Å². The molecule has 148 valence electrons. The van der Waals surface area contributed by atoms with Gasteiger partial charge in [-0.15, -0.1) is 10.2 Å². The third-order valence-corrected chi connectivity index (χ3v) is 6.36. The van der Waals surface area contributed by atoms with E-state index in [-0.39, 0.29) is 5.91 Å². The number of benzene rings is 1. The van der Waals surface area contributed by atoms with Crippen molar-refractivity contribution < 1.29 is 4.79 Å². The normalized spacial score (nSPS) is 24.0. The standard InChI is InChI=1S/C22H22ClN5O/c1-28-12-13(5-8-21(29)25-20-7-6-19(23)26-27-20)9-16-15-3-2-4-17-22(15)14(11-24-17)10-18(16)28/h2-8,11,13,16,18,24H,9-10,12H2,1H3,(H,25,27,29)/b8-5-. The molecule has 1 amide bonds. The molecule has 3 heterocycles. The Hall–Kier alpha value is -2.70. The molecule has 6 nitrogen and oxygen atoms in total. The lowest BCUT2D eigenvalue weighted by Gasteiger charge is -2.45. The average molecular weight is 408 g/mol. The predicted molar refractivity (Wildman–Crippen MR) is 114 cm³/mol. The molecule has 3 unspecified atom stereocenters. The Bertz CT molecular complexity index is 1090. The van der Waals surface area contributed by atoms with Crippen LogP contribution in [0.15, 0.2) is 48.7 Å². The van der Waals surface area contributed by atoms with Gasteiger partial charge in [-0.25, -0.2) is 0 Å². The number of aromatic amines is 1. The summed E-state index contributed by atoms with van der Waals surface area (Å²) in [5, 5.41) is 12.0. The van der Waals surface area contributed by atoms with Crippen LogP contribution in [0.4, 0.5) is 5.82 Å². The molecule has 0 radical (unpaired) electrons. The van der Waals surface area contributed by atoms with Gasteiger partial charge >= 0.3 is 0 Å². The molecule has 1 aliphatic carbocycles. The monoisotopic (exact) mass is 407 g/mol. The summed E-state index contributed by atoms with van der Waals surface area (Å²) in [6.07, 6.45) is 7.92. The highest BCUT2D eigenvalue weighted by Crippen LogP contribution is 2.44. The lowest BCUT2D eigenvalue weighted by atomic mass is 9.72. The molecule has 1 fully saturated rings. The number of hydrogen-bond donors (Lipinski definition) is 2. The minimum Gasteiger partial charge on any atom is -0.361 e. The highest BCUT2D eigenvalue weighted by atomic mass is 35.5. The van der Waals surface area contributed by atoms with Crippen LogP contribution < -0.4 is 5.32 Å². The van der Waals surface area contributed by atoms with Crippen LogP contribution in [0.5, 0.6) is 0 Å². The summed E-state index contributed by atoms with van der Waals surface area (Å²) in [5.41, 5.74) is 4.07. The molecule has 2 aromatic heterocycles. The van der Waals surface area contributed by atoms with E-state index in [1.165, 1.54) is 22.0 Å². The first-order valence-corrected chi connectivity index (χ1v) is 10.2. The number of amides is 1. The maximum Gasteiger partial charge on any atom is 0.249 e. The first-order valence-electron chi connectivity index (χ1n) is 9.86. The van der Waals surface area contributed by atoms with E-state index in [0.29, 0.717) is 28.8 Å². The number of halogens is 1. The van der Waals surface area contributed by atoms with Crippen LogP contribution in [0, 0.1) is 5.92 Å². The zero-order valence-electron chi connectivity index (χ0n) is 16.1. The molecule has 0 bridgehead atoms. The third-order valence-electron chi connectivity index (χ3n) is 6.16. The Morgan fingerprint density at radius 1 is 1.31 bits per heavy atom. The number of likely N-dealkylation sites (tertiary alicyclic amines) is 1. The Balaban J connectivity index is 1.33. The average Bonchev–Trinajstić information content (AvgIpc) is 3.13. The molecule has 2 N–H and O–H groups in total. The van der Waals surface area contributed by atoms with Crippen molar-refractivity contribution in [2.75, 3.05) is 18.9 Å². The van der Waals surface area contributed by atoms with Gasteiger partial charge in [0.25, 0.3) is 0 Å². The van der Waals surface area contributed by atoms with Crippen molar-refractivity contribution in [3.8, 4) is 0 Å². The predicted octanol–water partition coefficient (Wildman–Crippen LogP) is 3.77. The van der Waals surface area contributed by atoms with Crippen molar-refractivity contribution in [2.45, 2.75) is 24.8 Å². The second kappa shape index (κ2) is 7.28. The quantitative estimate of drug-likeness (QED) is 0.648. The minimum absolute atomic E-state index is 0.204. The number of piperidine rings is 1. The molecule has 0 spiro atoms. The fourth-order valence-electron chi connectivity index (χ4n) is 4.90. The second-order valence-corrected chi connectivity index (χ2v) is 8.37. The van der Waals surface area contributed by atoms with E-state index in [9.17, 15) is 4.79 Å². The van der Waals surface area contributed by atoms with E-state index in [4.69, 9.17) is 11.6 Å². The van der Waals surface area contributed by atoms with Crippen LogP contribution in [-0.4, -0.2) is 45.6 Å². The van der Waals surface area contributed by atoms with Gasteiger partial charge in [-0.3, -0.25) is 4.79 Å². The van der Waals surface area contributed by atoms with Gasteiger partial charge in [-0.2, -0.15) is 0 Å². The van der Waals surface area contributed by atoms with E-state index in [1.807, 2.05) is 6.08 Å². The van der Waals surface area contributed by atoms with Gasteiger partial charge in [-0.05, 0) is 61.2 Å². The summed E-state index contributed by atoms with van der Waals surface area (Å²) in [6, 6.07) is 10.3. The van der Waals surface area contributed by atoms with Crippen LogP contribution in [0.3, 0.4) is 0 Å². The number of nitrogens with one attached hydrogen (secondary N) is 2. The van der Waals surface area contributed by atoms with Gasteiger partial charge in [0.1, 0.15) is 0 Å². The van der Waals surface area contributed by atoms with Gasteiger partial charge in [0.15, 0.2) is 11.0 Å². The maximum absolute atomic E-state index is 12.3. The summed E-state index contributed by atoms with van der Waals surface area (Å²) < 4.78 is 0. The molecule has 1 aromatic carbocycles. The first kappa shape index (κ1) is 18.3. The number of likely N-dealkylation sites (N-methyl/N-ethyl adjacent to an activating group) is 1. The van der Waals surface area contributed by atoms with Crippen molar-refractivity contribution in [1.29, 1.82) is 0 Å². The molecule has 1 saturated heterocycles. The Morgan fingerprint density at radius 2 is 2.21 bits per heavy atom. The second-order valence-electron chi connectivity index (χ2n) is 7.99. The summed E-state index contributed by atoms with van der Waals surface area (Å²) in [4.78, 5) is 18.1. The summed E-state index contributed by atoms with van der Waals surface area (Å²) in [5.74, 6) is 0.980. The fourth-order valence-corrected chi connectivity index (χ4v) is 5.00. The molecule has 7 heteroatoms. The van der Waals surface area contributed by atoms with Gasteiger partial charge in [-0.1, -0.05) is 29.8 Å². The van der Waals surface area contributed by atoms with E-state index >= 15 is 0 Å². The van der Waals surface area contributed by atoms with E-state index in [0.717, 1.165) is 19.4 Å². The van der Waals surface area contributed by atoms with Crippen LogP contribution in [0.25, 0.3) is 10.9 Å². The van der Waals surface area contributed by atoms with Gasteiger partial charge < -0.3 is 15.2 Å². The Morgan fingerprint density at radius 3 is 3.03 bits per heavy atom. The van der Waals surface area contributed by atoms with E-state index in [1.54, 1.807) is 18.2 Å². The molecular formula is C22H22ClN5O. The number of hydrogen-bond acceptors (Lipinski definition) is 4. The molecular weight excluding hydrogens is 386 g/mol. The van der Waals surface area contributed by atoms with Crippen LogP contribution >= 0.6 is 11.6 Å². The van der Waals surface area contributed by atoms with Gasteiger partial charge in [0, 0.05) is 35.6 Å². The molecule has 29 heavy (non-hydrogen) atoms. The van der Waals surface area contributed by atoms with Crippen molar-refractivity contribution >= 4 is 34.2 Å². The van der Waals surface area contributed by atoms with Crippen molar-refractivity contribution in [3.63, 3.8) is 0 Å². The summed E-state index contributed by atoms with van der Waals surface area (Å²) in [7, 11) is 2.19. The Kier molecular flexibility index (Phi) is 4.60. The van der Waals surface area contributed by atoms with Crippen molar-refractivity contribution in [3.05, 3.63) is 65.0 Å². The smallest absolute Gasteiger partial charge is 0.249 e. The van der Waals surface area contributed by atoms with Crippen molar-refractivity contribution in [1.82, 2.24) is 20.1 Å². The number of nitrogens with zero attached hydrogens (tertiary/aromatic N) is 3. The molecule has 1 aliphatic heterocycles. The molecule has 3 aromatic rings. The highest BCUT2D eigenvalue weighted by molar-refractivity contribution is 6.29. The fraction of sp³-hybridized carbons (Fsp3) is 0.318. The number of H-pyrrole nitrogens is 1. The number of carbonyl (C=O) groups excluding carboxylic acids is 1. The lowest BCUT2D eigenvalue weighted by molar-refractivity contribution is -0.112.